The first-order valence-electron chi connectivity index (χ1n) is 14.9. The molecule has 2 amide bonds. The van der Waals surface area contributed by atoms with Crippen molar-refractivity contribution < 1.29 is 27.5 Å². The number of fused-ring (bicyclic) bond motifs is 1. The molecule has 47 heavy (non-hydrogen) atoms. The van der Waals surface area contributed by atoms with E-state index in [2.05, 4.69) is 20.4 Å². The summed E-state index contributed by atoms with van der Waals surface area (Å²) in [5.74, 6) is -0.304. The standard InChI is InChI=1S/C30H30ClF3N8O4S/c1-3-23-25(39-8-10-40(11-9-39)27(44)22-16-47-17(2)35-22)28(45)42-29(37-26(38-42)18-6-12-46-13-7-18)41(23)15-24(43)36-21-5-4-19(14-20(21)31)30(32,33)34/h4-6,14,16H,3,7-13,15H2,1-2H3,(H,36,43). The van der Waals surface area contributed by atoms with Crippen molar-refractivity contribution in [2.24, 2.45) is 0 Å². The second-order valence-corrected chi connectivity index (χ2v) is 12.5. The number of halogens is 4. The smallest absolute Gasteiger partial charge is 0.377 e. The van der Waals surface area contributed by atoms with E-state index in [1.54, 1.807) is 14.8 Å². The van der Waals surface area contributed by atoms with Gasteiger partial charge in [0.25, 0.3) is 11.5 Å². The third kappa shape index (κ3) is 6.62. The van der Waals surface area contributed by atoms with Gasteiger partial charge in [0, 0.05) is 31.6 Å². The summed E-state index contributed by atoms with van der Waals surface area (Å²) in [6.07, 6.45) is -1.87. The van der Waals surface area contributed by atoms with Gasteiger partial charge in [-0.25, -0.2) is 4.98 Å². The van der Waals surface area contributed by atoms with Gasteiger partial charge in [0.15, 0.2) is 5.82 Å². The van der Waals surface area contributed by atoms with E-state index in [4.69, 9.17) is 16.3 Å². The van der Waals surface area contributed by atoms with Crippen molar-refractivity contribution >= 4 is 57.5 Å². The van der Waals surface area contributed by atoms with Crippen LogP contribution < -0.4 is 15.8 Å². The molecule has 0 atom stereocenters. The molecular weight excluding hydrogens is 661 g/mol. The zero-order chi connectivity index (χ0) is 33.5. The molecular formula is C30H30ClF3N8O4S. The first-order valence-corrected chi connectivity index (χ1v) is 16.1. The predicted molar refractivity (Wildman–Crippen MR) is 170 cm³/mol. The van der Waals surface area contributed by atoms with Crippen LogP contribution >= 0.6 is 22.9 Å². The van der Waals surface area contributed by atoms with Crippen molar-refractivity contribution in [3.8, 4) is 0 Å². The first-order chi connectivity index (χ1) is 22.4. The van der Waals surface area contributed by atoms with Gasteiger partial charge in [-0.3, -0.25) is 14.4 Å². The number of rotatable bonds is 7. The monoisotopic (exact) mass is 690 g/mol. The number of aryl methyl sites for hydroxylation is 1. The molecule has 0 radical (unpaired) electrons. The Hall–Kier alpha value is -4.28. The summed E-state index contributed by atoms with van der Waals surface area (Å²) < 4.78 is 47.6. The van der Waals surface area contributed by atoms with E-state index >= 15 is 0 Å². The highest BCUT2D eigenvalue weighted by atomic mass is 35.5. The minimum absolute atomic E-state index is 0.00520. The van der Waals surface area contributed by atoms with Gasteiger partial charge in [0.05, 0.1) is 40.2 Å². The number of alkyl halides is 3. The van der Waals surface area contributed by atoms with Gasteiger partial charge >= 0.3 is 6.18 Å². The summed E-state index contributed by atoms with van der Waals surface area (Å²) in [5, 5.41) is 9.38. The number of carbonyl (C=O) groups is 2. The zero-order valence-corrected chi connectivity index (χ0v) is 27.0. The Morgan fingerprint density at radius 1 is 1.15 bits per heavy atom. The Labute approximate surface area is 275 Å². The molecule has 2 aliphatic heterocycles. The predicted octanol–water partition coefficient (Wildman–Crippen LogP) is 4.30. The van der Waals surface area contributed by atoms with Gasteiger partial charge in [-0.1, -0.05) is 24.6 Å². The van der Waals surface area contributed by atoms with E-state index in [1.807, 2.05) is 24.8 Å². The maximum Gasteiger partial charge on any atom is 0.416 e. The Kier molecular flexibility index (Phi) is 9.09. The number of hydrogen-bond acceptors (Lipinski definition) is 9. The van der Waals surface area contributed by atoms with Crippen LogP contribution in [0.1, 0.15) is 45.9 Å². The van der Waals surface area contributed by atoms with E-state index in [-0.39, 0.29) is 28.9 Å². The van der Waals surface area contributed by atoms with Crippen LogP contribution in [0, 0.1) is 6.92 Å². The van der Waals surface area contributed by atoms with Crippen molar-refractivity contribution in [2.45, 2.75) is 39.4 Å². The van der Waals surface area contributed by atoms with Gasteiger partial charge in [0.1, 0.15) is 17.9 Å². The second-order valence-electron chi connectivity index (χ2n) is 11.0. The van der Waals surface area contributed by atoms with E-state index in [0.29, 0.717) is 75.1 Å². The number of ether oxygens (including phenoxy) is 1. The lowest BCUT2D eigenvalue weighted by atomic mass is 10.1. The quantitative estimate of drug-likeness (QED) is 0.304. The molecule has 0 aliphatic carbocycles. The zero-order valence-electron chi connectivity index (χ0n) is 25.4. The van der Waals surface area contributed by atoms with Gasteiger partial charge in [-0.15, -0.1) is 16.4 Å². The molecule has 4 aromatic rings. The fraction of sp³-hybridized carbons (Fsp3) is 0.400. The average Bonchev–Trinajstić information content (AvgIpc) is 3.70. The van der Waals surface area contributed by atoms with Gasteiger partial charge in [-0.05, 0) is 43.5 Å². The summed E-state index contributed by atoms with van der Waals surface area (Å²) in [4.78, 5) is 53.1. The van der Waals surface area contributed by atoms with Crippen molar-refractivity contribution in [2.75, 3.05) is 49.6 Å². The molecule has 1 saturated heterocycles. The molecule has 0 spiro atoms. The lowest BCUT2D eigenvalue weighted by Crippen LogP contribution is -2.51. The molecule has 0 saturated carbocycles. The SMILES string of the molecule is CCc1c(N2CCN(C(=O)c3csc(C)n3)CC2)c(=O)n2nc(C3=CCOCC3)nc2n1CC(=O)Nc1ccc(C(F)(F)F)cc1Cl. The maximum atomic E-state index is 14.1. The van der Waals surface area contributed by atoms with Crippen LogP contribution in [-0.4, -0.2) is 80.3 Å². The largest absolute Gasteiger partial charge is 0.416 e. The third-order valence-electron chi connectivity index (χ3n) is 8.00. The molecule has 1 aromatic carbocycles. The van der Waals surface area contributed by atoms with Gasteiger partial charge < -0.3 is 24.4 Å². The second kappa shape index (κ2) is 13.1. The lowest BCUT2D eigenvalue weighted by Gasteiger charge is -2.36. The number of aromatic nitrogens is 5. The minimum atomic E-state index is -4.59. The Balaban J connectivity index is 1.35. The Morgan fingerprint density at radius 3 is 2.53 bits per heavy atom. The highest BCUT2D eigenvalue weighted by Crippen LogP contribution is 2.34. The highest BCUT2D eigenvalue weighted by Gasteiger charge is 2.32. The van der Waals surface area contributed by atoms with E-state index in [0.717, 1.165) is 28.8 Å². The number of hydrogen-bond donors (Lipinski definition) is 1. The number of benzene rings is 1. The highest BCUT2D eigenvalue weighted by molar-refractivity contribution is 7.09. The lowest BCUT2D eigenvalue weighted by molar-refractivity contribution is -0.137. The molecule has 0 bridgehead atoms. The van der Waals surface area contributed by atoms with Crippen LogP contribution in [0.2, 0.25) is 5.02 Å². The van der Waals surface area contributed by atoms with E-state index in [9.17, 15) is 27.6 Å². The minimum Gasteiger partial charge on any atom is -0.377 e. The van der Waals surface area contributed by atoms with Crippen LogP contribution in [0.3, 0.4) is 0 Å². The number of carbonyl (C=O) groups excluding carboxylic acids is 2. The summed E-state index contributed by atoms with van der Waals surface area (Å²) in [6, 6.07) is 2.68. The molecule has 2 aliphatic rings. The Bertz CT molecular complexity index is 1950. The van der Waals surface area contributed by atoms with E-state index in [1.165, 1.54) is 15.9 Å². The summed E-state index contributed by atoms with van der Waals surface area (Å²) >= 11 is 7.50. The fourth-order valence-electron chi connectivity index (χ4n) is 5.68. The number of amides is 2. The van der Waals surface area contributed by atoms with E-state index < -0.39 is 23.2 Å². The summed E-state index contributed by atoms with van der Waals surface area (Å²) in [6.45, 7) is 5.57. The molecule has 12 nitrogen and oxygen atoms in total. The van der Waals surface area contributed by atoms with Crippen LogP contribution in [0.4, 0.5) is 24.5 Å². The molecule has 1 N–H and O–H groups in total. The van der Waals surface area contributed by atoms with Gasteiger partial charge in [-0.2, -0.15) is 22.7 Å². The molecule has 6 rings (SSSR count). The van der Waals surface area contributed by atoms with Crippen LogP contribution in [0.25, 0.3) is 11.4 Å². The maximum absolute atomic E-state index is 14.1. The molecule has 17 heteroatoms. The van der Waals surface area contributed by atoms with Crippen LogP contribution in [0.5, 0.6) is 0 Å². The molecule has 0 unspecified atom stereocenters. The van der Waals surface area contributed by atoms with Crippen molar-refractivity contribution in [3.63, 3.8) is 0 Å². The topological polar surface area (TPSA) is 127 Å². The normalized spacial score (nSPS) is 15.7. The fourth-order valence-corrected chi connectivity index (χ4v) is 6.49. The summed E-state index contributed by atoms with van der Waals surface area (Å²) in [5.41, 5.74) is 0.681. The Morgan fingerprint density at radius 2 is 1.91 bits per heavy atom. The first kappa shape index (κ1) is 32.7. The number of nitrogens with zero attached hydrogens (tertiary/aromatic N) is 7. The van der Waals surface area contributed by atoms with Crippen molar-refractivity contribution in [1.82, 2.24) is 29.0 Å². The van der Waals surface area contributed by atoms with Crippen LogP contribution in [0.15, 0.2) is 34.4 Å². The van der Waals surface area contributed by atoms with Gasteiger partial charge in [0.2, 0.25) is 11.7 Å². The number of piperazine rings is 1. The molecule has 1 fully saturated rings. The molecule has 3 aromatic heterocycles. The third-order valence-corrected chi connectivity index (χ3v) is 9.09. The average molecular weight is 691 g/mol. The number of thiazole rings is 1. The summed E-state index contributed by atoms with van der Waals surface area (Å²) in [7, 11) is 0. The van der Waals surface area contributed by atoms with Crippen LogP contribution in [-0.2, 0) is 28.7 Å². The number of anilines is 2. The van der Waals surface area contributed by atoms with Crippen molar-refractivity contribution in [1.29, 1.82) is 0 Å². The molecule has 248 valence electrons. The van der Waals surface area contributed by atoms with Crippen molar-refractivity contribution in [3.05, 3.63) is 72.8 Å². The number of nitrogens with one attached hydrogen (secondary N) is 1. The molecule has 5 heterocycles.